The van der Waals surface area contributed by atoms with Gasteiger partial charge in [-0.1, -0.05) is 12.1 Å². The van der Waals surface area contributed by atoms with E-state index in [9.17, 15) is 0 Å². The zero-order chi connectivity index (χ0) is 12.4. The number of imidazole rings is 1. The van der Waals surface area contributed by atoms with Crippen LogP contribution >= 0.6 is 0 Å². The highest BCUT2D eigenvalue weighted by Gasteiger charge is 2.14. The van der Waals surface area contributed by atoms with Gasteiger partial charge in [0.25, 0.3) is 0 Å². The van der Waals surface area contributed by atoms with Gasteiger partial charge in [0, 0.05) is 12.2 Å². The number of hydrogen-bond acceptors (Lipinski definition) is 2. The predicted molar refractivity (Wildman–Crippen MR) is 71.0 cm³/mol. The van der Waals surface area contributed by atoms with Crippen molar-refractivity contribution in [2.75, 3.05) is 7.11 Å². The van der Waals surface area contributed by atoms with E-state index in [1.54, 1.807) is 7.11 Å². The summed E-state index contributed by atoms with van der Waals surface area (Å²) in [6.45, 7) is 0.909. The lowest BCUT2D eigenvalue weighted by atomic mass is 10.0. The van der Waals surface area contributed by atoms with Crippen LogP contribution in [-0.4, -0.2) is 16.7 Å². The van der Waals surface area contributed by atoms with E-state index in [2.05, 4.69) is 21.7 Å². The van der Waals surface area contributed by atoms with Crippen LogP contribution < -0.4 is 4.74 Å². The number of fused-ring (bicyclic) bond motifs is 1. The van der Waals surface area contributed by atoms with Gasteiger partial charge in [0.05, 0.1) is 19.1 Å². The zero-order valence-corrected chi connectivity index (χ0v) is 10.7. The molecule has 1 aliphatic rings. The van der Waals surface area contributed by atoms with Gasteiger partial charge in [-0.3, -0.25) is 0 Å². The largest absolute Gasteiger partial charge is 0.497 e. The van der Waals surface area contributed by atoms with Gasteiger partial charge in [0.1, 0.15) is 5.75 Å². The SMILES string of the molecule is COc1ccc(Cn2cnc3c2CCCC3)cc1. The number of aryl methyl sites for hydroxylation is 1. The Morgan fingerprint density at radius 2 is 1.94 bits per heavy atom. The lowest BCUT2D eigenvalue weighted by Gasteiger charge is -2.14. The van der Waals surface area contributed by atoms with Crippen LogP contribution in [0.5, 0.6) is 5.75 Å². The van der Waals surface area contributed by atoms with Crippen LogP contribution in [0.2, 0.25) is 0 Å². The van der Waals surface area contributed by atoms with Crippen LogP contribution in [0.1, 0.15) is 29.8 Å². The number of benzene rings is 1. The number of methoxy groups -OCH3 is 1. The molecule has 0 saturated carbocycles. The molecule has 0 unspecified atom stereocenters. The fourth-order valence-corrected chi connectivity index (χ4v) is 2.59. The van der Waals surface area contributed by atoms with Crippen LogP contribution in [0, 0.1) is 0 Å². The topological polar surface area (TPSA) is 27.1 Å². The molecule has 0 atom stereocenters. The summed E-state index contributed by atoms with van der Waals surface area (Å²) < 4.78 is 7.46. The number of aromatic nitrogens is 2. The van der Waals surface area contributed by atoms with Gasteiger partial charge < -0.3 is 9.30 Å². The van der Waals surface area contributed by atoms with Crippen molar-refractivity contribution in [3.8, 4) is 5.75 Å². The van der Waals surface area contributed by atoms with E-state index >= 15 is 0 Å². The van der Waals surface area contributed by atoms with Crippen molar-refractivity contribution >= 4 is 0 Å². The molecule has 3 heteroatoms. The summed E-state index contributed by atoms with van der Waals surface area (Å²) in [5, 5.41) is 0. The van der Waals surface area contributed by atoms with Gasteiger partial charge in [0.2, 0.25) is 0 Å². The second-order valence-electron chi connectivity index (χ2n) is 4.82. The number of nitrogens with zero attached hydrogens (tertiary/aromatic N) is 2. The fraction of sp³-hybridized carbons (Fsp3) is 0.400. The molecule has 0 saturated heterocycles. The molecular formula is C15H18N2O. The van der Waals surface area contributed by atoms with Gasteiger partial charge in [-0.05, 0) is 43.4 Å². The smallest absolute Gasteiger partial charge is 0.118 e. The Hall–Kier alpha value is -1.77. The van der Waals surface area contributed by atoms with E-state index in [0.29, 0.717) is 0 Å². The van der Waals surface area contributed by atoms with Crippen molar-refractivity contribution in [3.05, 3.63) is 47.5 Å². The second-order valence-corrected chi connectivity index (χ2v) is 4.82. The summed E-state index contributed by atoms with van der Waals surface area (Å²) in [7, 11) is 1.70. The first-order valence-corrected chi connectivity index (χ1v) is 6.52. The summed E-state index contributed by atoms with van der Waals surface area (Å²) in [4.78, 5) is 4.52. The number of ether oxygens (including phenoxy) is 1. The van der Waals surface area contributed by atoms with E-state index in [1.165, 1.54) is 36.2 Å². The lowest BCUT2D eigenvalue weighted by molar-refractivity contribution is 0.414. The van der Waals surface area contributed by atoms with Crippen molar-refractivity contribution in [1.29, 1.82) is 0 Å². The first kappa shape index (κ1) is 11.3. The first-order valence-electron chi connectivity index (χ1n) is 6.52. The highest BCUT2D eigenvalue weighted by Crippen LogP contribution is 2.21. The maximum absolute atomic E-state index is 5.18. The van der Waals surface area contributed by atoms with Gasteiger partial charge in [0.15, 0.2) is 0 Å². The van der Waals surface area contributed by atoms with Crippen LogP contribution in [0.4, 0.5) is 0 Å². The third-order valence-corrected chi connectivity index (χ3v) is 3.62. The summed E-state index contributed by atoms with van der Waals surface area (Å²) in [5.74, 6) is 0.909. The second kappa shape index (κ2) is 4.84. The molecule has 94 valence electrons. The van der Waals surface area contributed by atoms with Crippen molar-refractivity contribution in [3.63, 3.8) is 0 Å². The zero-order valence-electron chi connectivity index (χ0n) is 10.7. The summed E-state index contributed by atoms with van der Waals surface area (Å²) >= 11 is 0. The van der Waals surface area contributed by atoms with E-state index in [1.807, 2.05) is 18.5 Å². The Labute approximate surface area is 107 Å². The van der Waals surface area contributed by atoms with Crippen molar-refractivity contribution < 1.29 is 4.74 Å². The minimum atomic E-state index is 0.909. The summed E-state index contributed by atoms with van der Waals surface area (Å²) in [6, 6.07) is 8.26. The molecular weight excluding hydrogens is 224 g/mol. The van der Waals surface area contributed by atoms with Crippen LogP contribution in [0.3, 0.4) is 0 Å². The average Bonchev–Trinajstić information content (AvgIpc) is 2.83. The van der Waals surface area contributed by atoms with Crippen LogP contribution in [0.25, 0.3) is 0 Å². The molecule has 1 heterocycles. The number of hydrogen-bond donors (Lipinski definition) is 0. The monoisotopic (exact) mass is 242 g/mol. The molecule has 1 aromatic carbocycles. The number of rotatable bonds is 3. The molecule has 3 nitrogen and oxygen atoms in total. The van der Waals surface area contributed by atoms with Gasteiger partial charge in [-0.25, -0.2) is 4.98 Å². The molecule has 0 bridgehead atoms. The molecule has 0 radical (unpaired) electrons. The normalized spacial score (nSPS) is 14.3. The Balaban J connectivity index is 1.81. The van der Waals surface area contributed by atoms with Gasteiger partial charge >= 0.3 is 0 Å². The molecule has 0 N–H and O–H groups in total. The summed E-state index contributed by atoms with van der Waals surface area (Å²) in [5.41, 5.74) is 4.02. The van der Waals surface area contributed by atoms with Gasteiger partial charge in [-0.2, -0.15) is 0 Å². The minimum Gasteiger partial charge on any atom is -0.497 e. The molecule has 3 rings (SSSR count). The Kier molecular flexibility index (Phi) is 3.05. The molecule has 0 amide bonds. The molecule has 2 aromatic rings. The molecule has 0 spiro atoms. The highest BCUT2D eigenvalue weighted by atomic mass is 16.5. The molecule has 0 fully saturated rings. The molecule has 1 aliphatic carbocycles. The minimum absolute atomic E-state index is 0.909. The van der Waals surface area contributed by atoms with Crippen molar-refractivity contribution in [1.82, 2.24) is 9.55 Å². The molecule has 18 heavy (non-hydrogen) atoms. The summed E-state index contributed by atoms with van der Waals surface area (Å²) in [6.07, 6.45) is 6.88. The van der Waals surface area contributed by atoms with Crippen LogP contribution in [-0.2, 0) is 19.4 Å². The highest BCUT2D eigenvalue weighted by molar-refractivity contribution is 5.28. The van der Waals surface area contributed by atoms with Crippen LogP contribution in [0.15, 0.2) is 30.6 Å². The average molecular weight is 242 g/mol. The third kappa shape index (κ3) is 2.13. The Morgan fingerprint density at radius 3 is 2.72 bits per heavy atom. The quantitative estimate of drug-likeness (QED) is 0.827. The van der Waals surface area contributed by atoms with E-state index in [-0.39, 0.29) is 0 Å². The first-order chi connectivity index (χ1) is 8.86. The van der Waals surface area contributed by atoms with Crippen molar-refractivity contribution in [2.24, 2.45) is 0 Å². The molecule has 1 aromatic heterocycles. The Bertz CT molecular complexity index is 528. The lowest BCUT2D eigenvalue weighted by Crippen LogP contribution is -2.08. The van der Waals surface area contributed by atoms with E-state index < -0.39 is 0 Å². The molecule has 0 aliphatic heterocycles. The fourth-order valence-electron chi connectivity index (χ4n) is 2.59. The van der Waals surface area contributed by atoms with E-state index in [4.69, 9.17) is 4.74 Å². The predicted octanol–water partition coefficient (Wildman–Crippen LogP) is 2.82. The standard InChI is InChI=1S/C15H18N2O/c1-18-13-8-6-12(7-9-13)10-17-11-16-14-4-2-3-5-15(14)17/h6-9,11H,2-5,10H2,1H3. The third-order valence-electron chi connectivity index (χ3n) is 3.62. The maximum atomic E-state index is 5.18. The maximum Gasteiger partial charge on any atom is 0.118 e. The van der Waals surface area contributed by atoms with Crippen molar-refractivity contribution in [2.45, 2.75) is 32.2 Å². The Morgan fingerprint density at radius 1 is 1.17 bits per heavy atom. The van der Waals surface area contributed by atoms with Gasteiger partial charge in [-0.15, -0.1) is 0 Å². The van der Waals surface area contributed by atoms with E-state index in [0.717, 1.165) is 18.7 Å².